The molecule has 23 heavy (non-hydrogen) atoms. The molecule has 0 aliphatic rings. The van der Waals surface area contributed by atoms with Gasteiger partial charge in [-0.05, 0) is 25.0 Å². The van der Waals surface area contributed by atoms with Crippen molar-refractivity contribution in [1.82, 2.24) is 4.90 Å². The number of nitro groups is 1. The van der Waals surface area contributed by atoms with Crippen LogP contribution in [0.1, 0.15) is 31.1 Å². The third-order valence-corrected chi connectivity index (χ3v) is 3.14. The molecular weight excluding hydrogens is 300 g/mol. The van der Waals surface area contributed by atoms with Crippen molar-refractivity contribution in [2.45, 2.75) is 20.8 Å². The Labute approximate surface area is 136 Å². The van der Waals surface area contributed by atoms with Crippen LogP contribution in [0.5, 0.6) is 5.75 Å². The highest BCUT2D eigenvalue weighted by Gasteiger charge is 2.22. The molecule has 0 aliphatic carbocycles. The summed E-state index contributed by atoms with van der Waals surface area (Å²) in [6.07, 6.45) is 0. The molecule has 0 saturated heterocycles. The van der Waals surface area contributed by atoms with Gasteiger partial charge in [-0.15, -0.1) is 0 Å². The van der Waals surface area contributed by atoms with Crippen LogP contribution < -0.4 is 4.74 Å². The van der Waals surface area contributed by atoms with Gasteiger partial charge in [-0.1, -0.05) is 13.8 Å². The minimum absolute atomic E-state index is 0.168. The van der Waals surface area contributed by atoms with Crippen LogP contribution in [0.2, 0.25) is 0 Å². The highest BCUT2D eigenvalue weighted by Crippen LogP contribution is 2.28. The van der Waals surface area contributed by atoms with E-state index in [0.29, 0.717) is 26.3 Å². The van der Waals surface area contributed by atoms with Gasteiger partial charge in [0.15, 0.2) is 5.75 Å². The van der Waals surface area contributed by atoms with E-state index >= 15 is 0 Å². The maximum Gasteiger partial charge on any atom is 0.311 e. The molecule has 7 heteroatoms. The molecule has 0 atom stereocenters. The van der Waals surface area contributed by atoms with Crippen molar-refractivity contribution in [3.05, 3.63) is 33.9 Å². The summed E-state index contributed by atoms with van der Waals surface area (Å²) in [4.78, 5) is 24.9. The Hall–Kier alpha value is -2.15. The minimum atomic E-state index is -0.538. The SMILES string of the molecule is CCOc1ccc(C(=O)N(CCOC)CC(C)C)cc1[N+](=O)[O-]. The van der Waals surface area contributed by atoms with E-state index in [2.05, 4.69) is 0 Å². The van der Waals surface area contributed by atoms with Gasteiger partial charge in [-0.2, -0.15) is 0 Å². The van der Waals surface area contributed by atoms with E-state index in [1.54, 1.807) is 25.0 Å². The number of nitrogens with zero attached hydrogens (tertiary/aromatic N) is 2. The summed E-state index contributed by atoms with van der Waals surface area (Å²) in [6, 6.07) is 4.30. The van der Waals surface area contributed by atoms with Gasteiger partial charge in [0.25, 0.3) is 5.91 Å². The maximum atomic E-state index is 12.6. The van der Waals surface area contributed by atoms with E-state index in [1.165, 1.54) is 12.1 Å². The number of carbonyl (C=O) groups is 1. The summed E-state index contributed by atoms with van der Waals surface area (Å²) in [6.45, 7) is 7.50. The Morgan fingerprint density at radius 2 is 2.09 bits per heavy atom. The third-order valence-electron chi connectivity index (χ3n) is 3.14. The molecule has 0 radical (unpaired) electrons. The molecule has 0 N–H and O–H groups in total. The van der Waals surface area contributed by atoms with Crippen molar-refractivity contribution in [1.29, 1.82) is 0 Å². The predicted molar refractivity (Wildman–Crippen MR) is 86.9 cm³/mol. The van der Waals surface area contributed by atoms with Gasteiger partial charge in [0.1, 0.15) is 0 Å². The molecule has 128 valence electrons. The van der Waals surface area contributed by atoms with Gasteiger partial charge in [0, 0.05) is 31.8 Å². The topological polar surface area (TPSA) is 81.9 Å². The molecule has 0 heterocycles. The molecule has 1 amide bonds. The lowest BCUT2D eigenvalue weighted by atomic mass is 10.1. The molecule has 7 nitrogen and oxygen atoms in total. The number of methoxy groups -OCH3 is 1. The van der Waals surface area contributed by atoms with E-state index in [-0.39, 0.29) is 28.8 Å². The normalized spacial score (nSPS) is 10.7. The fraction of sp³-hybridized carbons (Fsp3) is 0.562. The van der Waals surface area contributed by atoms with Crippen molar-refractivity contribution in [3.63, 3.8) is 0 Å². The summed E-state index contributed by atoms with van der Waals surface area (Å²) in [7, 11) is 1.57. The first kappa shape index (κ1) is 18.9. The predicted octanol–water partition coefficient (Wildman–Crippen LogP) is 2.74. The Balaban J connectivity index is 3.08. The van der Waals surface area contributed by atoms with Crippen LogP contribution in [0.3, 0.4) is 0 Å². The fourth-order valence-electron chi connectivity index (χ4n) is 2.17. The van der Waals surface area contributed by atoms with Crippen molar-refractivity contribution < 1.29 is 19.2 Å². The van der Waals surface area contributed by atoms with Crippen molar-refractivity contribution >= 4 is 11.6 Å². The zero-order chi connectivity index (χ0) is 17.4. The Morgan fingerprint density at radius 3 is 2.61 bits per heavy atom. The smallest absolute Gasteiger partial charge is 0.311 e. The Kier molecular flexibility index (Phi) is 7.47. The average Bonchev–Trinajstić information content (AvgIpc) is 2.50. The molecular formula is C16H24N2O5. The Bertz CT molecular complexity index is 545. The second kappa shape index (κ2) is 9.09. The molecule has 0 spiro atoms. The number of rotatable bonds is 9. The average molecular weight is 324 g/mol. The summed E-state index contributed by atoms with van der Waals surface area (Å²) in [5.41, 5.74) is 0.0749. The van der Waals surface area contributed by atoms with Crippen LogP contribution >= 0.6 is 0 Å². The summed E-state index contributed by atoms with van der Waals surface area (Å²) < 4.78 is 10.3. The molecule has 0 saturated carbocycles. The fourth-order valence-corrected chi connectivity index (χ4v) is 2.17. The van der Waals surface area contributed by atoms with Crippen molar-refractivity contribution in [2.75, 3.05) is 33.4 Å². The van der Waals surface area contributed by atoms with Crippen molar-refractivity contribution in [2.24, 2.45) is 5.92 Å². The monoisotopic (exact) mass is 324 g/mol. The largest absolute Gasteiger partial charge is 0.487 e. The second-order valence-electron chi connectivity index (χ2n) is 5.51. The number of benzene rings is 1. The highest BCUT2D eigenvalue weighted by molar-refractivity contribution is 5.95. The van der Waals surface area contributed by atoms with Crippen LogP contribution in [0.25, 0.3) is 0 Å². The zero-order valence-corrected chi connectivity index (χ0v) is 14.1. The van der Waals surface area contributed by atoms with Gasteiger partial charge in [0.2, 0.25) is 0 Å². The Morgan fingerprint density at radius 1 is 1.39 bits per heavy atom. The van der Waals surface area contributed by atoms with E-state index in [0.717, 1.165) is 0 Å². The molecule has 1 aromatic rings. The van der Waals surface area contributed by atoms with Gasteiger partial charge >= 0.3 is 5.69 Å². The molecule has 0 bridgehead atoms. The molecule has 0 unspecified atom stereocenters. The van der Waals surface area contributed by atoms with Gasteiger partial charge < -0.3 is 14.4 Å². The van der Waals surface area contributed by atoms with Gasteiger partial charge in [-0.3, -0.25) is 14.9 Å². The van der Waals surface area contributed by atoms with Gasteiger partial charge in [-0.25, -0.2) is 0 Å². The van der Waals surface area contributed by atoms with Crippen LogP contribution in [0.4, 0.5) is 5.69 Å². The maximum absolute atomic E-state index is 12.6. The van der Waals surface area contributed by atoms with Crippen LogP contribution in [-0.2, 0) is 4.74 Å². The summed E-state index contributed by atoms with van der Waals surface area (Å²) in [5.74, 6) is 0.205. The minimum Gasteiger partial charge on any atom is -0.487 e. The summed E-state index contributed by atoms with van der Waals surface area (Å²) in [5, 5.41) is 11.2. The first-order chi connectivity index (χ1) is 10.9. The lowest BCUT2D eigenvalue weighted by molar-refractivity contribution is -0.385. The number of hydrogen-bond donors (Lipinski definition) is 0. The van der Waals surface area contributed by atoms with E-state index in [4.69, 9.17) is 9.47 Å². The zero-order valence-electron chi connectivity index (χ0n) is 14.1. The van der Waals surface area contributed by atoms with Gasteiger partial charge in [0.05, 0.1) is 18.1 Å². The first-order valence-electron chi connectivity index (χ1n) is 7.60. The van der Waals surface area contributed by atoms with E-state index in [1.807, 2.05) is 13.8 Å². The molecule has 0 aromatic heterocycles. The lowest BCUT2D eigenvalue weighted by Gasteiger charge is -2.24. The summed E-state index contributed by atoms with van der Waals surface area (Å²) >= 11 is 0. The third kappa shape index (κ3) is 5.52. The highest BCUT2D eigenvalue weighted by atomic mass is 16.6. The van der Waals surface area contributed by atoms with Crippen LogP contribution in [0, 0.1) is 16.0 Å². The molecule has 1 rings (SSSR count). The van der Waals surface area contributed by atoms with Crippen molar-refractivity contribution in [3.8, 4) is 5.75 Å². The number of hydrogen-bond acceptors (Lipinski definition) is 5. The van der Waals surface area contributed by atoms with E-state index in [9.17, 15) is 14.9 Å². The van der Waals surface area contributed by atoms with Crippen LogP contribution in [0.15, 0.2) is 18.2 Å². The molecule has 0 aliphatic heterocycles. The standard InChI is InChI=1S/C16H24N2O5/c1-5-23-15-7-6-13(10-14(15)18(20)21)16(19)17(8-9-22-4)11-12(2)3/h6-7,10,12H,5,8-9,11H2,1-4H3. The number of nitro benzene ring substituents is 1. The number of carbonyl (C=O) groups excluding carboxylic acids is 1. The van der Waals surface area contributed by atoms with E-state index < -0.39 is 4.92 Å². The first-order valence-corrected chi connectivity index (χ1v) is 7.60. The number of amides is 1. The molecule has 0 fully saturated rings. The van der Waals surface area contributed by atoms with Crippen LogP contribution in [-0.4, -0.2) is 49.1 Å². The lowest BCUT2D eigenvalue weighted by Crippen LogP contribution is -2.36. The molecule has 1 aromatic carbocycles. The second-order valence-corrected chi connectivity index (χ2v) is 5.51. The number of ether oxygens (including phenoxy) is 2. The quantitative estimate of drug-likeness (QED) is 0.515.